The van der Waals surface area contributed by atoms with Gasteiger partial charge in [0.25, 0.3) is 5.76 Å². The second-order valence-electron chi connectivity index (χ2n) is 4.66. The molecule has 2 atom stereocenters. The molecule has 10 heteroatoms. The van der Waals surface area contributed by atoms with Gasteiger partial charge in [-0.1, -0.05) is 0 Å². The molecule has 0 aromatic rings. The summed E-state index contributed by atoms with van der Waals surface area (Å²) in [6, 6.07) is 0. The highest BCUT2D eigenvalue weighted by Crippen LogP contribution is 2.29. The molecule has 0 aromatic carbocycles. The number of hydrogen-bond donors (Lipinski definition) is 0. The van der Waals surface area contributed by atoms with E-state index >= 15 is 0 Å². The molecule has 0 aromatic heterocycles. The minimum atomic E-state index is -1.42. The zero-order valence-electron chi connectivity index (χ0n) is 13.4. The molecular weight excluding hydrogens is 328 g/mol. The number of esters is 5. The Kier molecular flexibility index (Phi) is 6.45. The van der Waals surface area contributed by atoms with Gasteiger partial charge in [0.15, 0.2) is 6.10 Å². The predicted molar refractivity (Wildman–Crippen MR) is 72.6 cm³/mol. The summed E-state index contributed by atoms with van der Waals surface area (Å²) < 4.78 is 24.2. The second-order valence-corrected chi connectivity index (χ2v) is 4.66. The van der Waals surface area contributed by atoms with Gasteiger partial charge in [0.05, 0.1) is 0 Å². The summed E-state index contributed by atoms with van der Waals surface area (Å²) in [4.78, 5) is 56.3. The Morgan fingerprint density at radius 1 is 0.958 bits per heavy atom. The van der Waals surface area contributed by atoms with Crippen molar-refractivity contribution in [1.82, 2.24) is 0 Å². The minimum absolute atomic E-state index is 0.443. The summed E-state index contributed by atoms with van der Waals surface area (Å²) in [5.41, 5.74) is 0. The molecule has 10 nitrogen and oxygen atoms in total. The molecule has 0 aliphatic carbocycles. The lowest BCUT2D eigenvalue weighted by atomic mass is 10.1. The monoisotopic (exact) mass is 344 g/mol. The Balaban J connectivity index is 3.18. The van der Waals surface area contributed by atoms with Crippen molar-refractivity contribution in [2.24, 2.45) is 0 Å². The molecule has 0 spiro atoms. The number of carbonyl (C=O) groups excluding carboxylic acids is 5. The van der Waals surface area contributed by atoms with Crippen LogP contribution in [0, 0.1) is 0 Å². The molecule has 1 rings (SSSR count). The number of ether oxygens (including phenoxy) is 5. The minimum Gasteiger partial charge on any atom is -0.462 e. The molecule has 24 heavy (non-hydrogen) atoms. The van der Waals surface area contributed by atoms with E-state index in [-0.39, 0.29) is 0 Å². The van der Waals surface area contributed by atoms with Crippen LogP contribution in [0.2, 0.25) is 0 Å². The quantitative estimate of drug-likeness (QED) is 0.469. The van der Waals surface area contributed by atoms with Crippen molar-refractivity contribution >= 4 is 29.8 Å². The molecule has 0 fully saturated rings. The third-order valence-corrected chi connectivity index (χ3v) is 2.51. The highest BCUT2D eigenvalue weighted by atomic mass is 16.7. The normalized spacial score (nSPS) is 17.7. The van der Waals surface area contributed by atoms with Gasteiger partial charge >= 0.3 is 29.8 Å². The molecule has 132 valence electrons. The average Bonchev–Trinajstić information content (AvgIpc) is 2.70. The lowest BCUT2D eigenvalue weighted by Crippen LogP contribution is -2.38. The summed E-state index contributed by atoms with van der Waals surface area (Å²) in [5, 5.41) is 0. The van der Waals surface area contributed by atoms with Gasteiger partial charge < -0.3 is 23.7 Å². The fraction of sp³-hybridized carbons (Fsp3) is 0.500. The van der Waals surface area contributed by atoms with Gasteiger partial charge in [-0.3, -0.25) is 19.2 Å². The van der Waals surface area contributed by atoms with Crippen LogP contribution in [0.15, 0.2) is 11.5 Å². The largest absolute Gasteiger partial charge is 0.462 e. The molecule has 0 radical (unpaired) electrons. The lowest BCUT2D eigenvalue weighted by molar-refractivity contribution is -0.170. The van der Waals surface area contributed by atoms with E-state index in [0.29, 0.717) is 0 Å². The van der Waals surface area contributed by atoms with Crippen molar-refractivity contribution in [1.29, 1.82) is 0 Å². The van der Waals surface area contributed by atoms with E-state index in [4.69, 9.17) is 18.9 Å². The molecule has 1 aliphatic rings. The van der Waals surface area contributed by atoms with Gasteiger partial charge in [-0.25, -0.2) is 4.79 Å². The van der Waals surface area contributed by atoms with Gasteiger partial charge in [-0.2, -0.15) is 0 Å². The first-order valence-electron chi connectivity index (χ1n) is 6.74. The molecule has 1 heterocycles. The molecule has 0 amide bonds. The van der Waals surface area contributed by atoms with Gasteiger partial charge in [-0.05, 0) is 0 Å². The standard InChI is InChI=1S/C14H16O10/c1-6(15)20-5-10(21-7(2)16)11-12(22-8(3)17)13(14(19)24-11)23-9(4)18/h10-11H,5H2,1-4H3/t10-,11+/m0/s1. The Morgan fingerprint density at radius 3 is 2.00 bits per heavy atom. The summed E-state index contributed by atoms with van der Waals surface area (Å²) in [6.07, 6.45) is -2.71. The molecule has 0 saturated heterocycles. The predicted octanol–water partition coefficient (Wildman–Crippen LogP) is -0.256. The molecule has 0 unspecified atom stereocenters. The highest BCUT2D eigenvalue weighted by Gasteiger charge is 2.45. The average molecular weight is 344 g/mol. The maximum Gasteiger partial charge on any atom is 0.379 e. The summed E-state index contributed by atoms with van der Waals surface area (Å²) in [5.74, 6) is -5.28. The van der Waals surface area contributed by atoms with Crippen LogP contribution < -0.4 is 0 Å². The van der Waals surface area contributed by atoms with E-state index in [9.17, 15) is 24.0 Å². The van der Waals surface area contributed by atoms with Gasteiger partial charge in [-0.15, -0.1) is 0 Å². The smallest absolute Gasteiger partial charge is 0.379 e. The van der Waals surface area contributed by atoms with E-state index in [0.717, 1.165) is 27.7 Å². The van der Waals surface area contributed by atoms with Crippen molar-refractivity contribution in [2.45, 2.75) is 39.9 Å². The van der Waals surface area contributed by atoms with Crippen molar-refractivity contribution < 1.29 is 47.7 Å². The van der Waals surface area contributed by atoms with Crippen LogP contribution in [0.4, 0.5) is 0 Å². The Bertz CT molecular complexity index is 603. The zero-order valence-corrected chi connectivity index (χ0v) is 13.4. The van der Waals surface area contributed by atoms with Gasteiger partial charge in [0.2, 0.25) is 11.9 Å². The third-order valence-electron chi connectivity index (χ3n) is 2.51. The Hall–Kier alpha value is -2.91. The van der Waals surface area contributed by atoms with E-state index in [1.165, 1.54) is 0 Å². The van der Waals surface area contributed by atoms with E-state index < -0.39 is 60.2 Å². The third kappa shape index (κ3) is 5.38. The molecule has 0 bridgehead atoms. The molecule has 1 aliphatic heterocycles. The fourth-order valence-corrected chi connectivity index (χ4v) is 1.79. The van der Waals surface area contributed by atoms with Crippen molar-refractivity contribution in [3.05, 3.63) is 11.5 Å². The first-order chi connectivity index (χ1) is 11.1. The van der Waals surface area contributed by atoms with Gasteiger partial charge in [0.1, 0.15) is 6.61 Å². The number of cyclic esters (lactones) is 1. The fourth-order valence-electron chi connectivity index (χ4n) is 1.79. The van der Waals surface area contributed by atoms with Gasteiger partial charge in [0, 0.05) is 27.7 Å². The van der Waals surface area contributed by atoms with Crippen LogP contribution in [-0.4, -0.2) is 48.7 Å². The second kappa shape index (κ2) is 8.09. The van der Waals surface area contributed by atoms with Crippen molar-refractivity contribution in [3.63, 3.8) is 0 Å². The maximum atomic E-state index is 11.8. The van der Waals surface area contributed by atoms with Crippen LogP contribution in [-0.2, 0) is 47.7 Å². The summed E-state index contributed by atoms with van der Waals surface area (Å²) in [7, 11) is 0. The highest BCUT2D eigenvalue weighted by molar-refractivity contribution is 5.93. The van der Waals surface area contributed by atoms with E-state index in [1.807, 2.05) is 0 Å². The summed E-state index contributed by atoms with van der Waals surface area (Å²) in [6.45, 7) is 3.82. The molecular formula is C14H16O10. The van der Waals surface area contributed by atoms with Crippen LogP contribution >= 0.6 is 0 Å². The van der Waals surface area contributed by atoms with Crippen LogP contribution in [0.3, 0.4) is 0 Å². The maximum absolute atomic E-state index is 11.8. The van der Waals surface area contributed by atoms with E-state index in [2.05, 4.69) is 4.74 Å². The first-order valence-corrected chi connectivity index (χ1v) is 6.74. The Morgan fingerprint density at radius 2 is 1.54 bits per heavy atom. The Labute approximate surface area is 136 Å². The van der Waals surface area contributed by atoms with Crippen molar-refractivity contribution in [2.75, 3.05) is 6.61 Å². The SMILES string of the molecule is CC(=O)OC[C@H](OC(C)=O)[C@H]1OC(=O)C(OC(C)=O)=C1OC(C)=O. The topological polar surface area (TPSA) is 132 Å². The number of hydrogen-bond acceptors (Lipinski definition) is 10. The molecule has 0 saturated carbocycles. The van der Waals surface area contributed by atoms with Crippen LogP contribution in [0.1, 0.15) is 27.7 Å². The molecule has 0 N–H and O–H groups in total. The van der Waals surface area contributed by atoms with Crippen molar-refractivity contribution in [3.8, 4) is 0 Å². The van der Waals surface area contributed by atoms with Crippen LogP contribution in [0.25, 0.3) is 0 Å². The first kappa shape index (κ1) is 19.1. The zero-order chi connectivity index (χ0) is 18.4. The number of rotatable bonds is 6. The van der Waals surface area contributed by atoms with Crippen LogP contribution in [0.5, 0.6) is 0 Å². The summed E-state index contributed by atoms with van der Waals surface area (Å²) >= 11 is 0. The van der Waals surface area contributed by atoms with E-state index in [1.54, 1.807) is 0 Å². The number of carbonyl (C=O) groups is 5. The lowest BCUT2D eigenvalue weighted by Gasteiger charge is -2.22.